The molecule has 1 amide bonds. The van der Waals surface area contributed by atoms with Crippen LogP contribution in [0.1, 0.15) is 36.9 Å². The third-order valence-electron chi connectivity index (χ3n) is 6.27. The van der Waals surface area contributed by atoms with Crippen LogP contribution in [-0.4, -0.2) is 58.7 Å². The Hall–Kier alpha value is -3.74. The standard InChI is InChI=1S/C26H31N7O4S/c1-5-37-10-6-9-32-18-12-20-19(31(4)25(35)33(20)15-26(2,3)36)11-17(18)29-24(32)30-23(34)22-8-7-21(38-22)16-13-27-28-14-16/h7-8,11-14,36H,5-6,9-10,15H2,1-4H3,(H,27,28)(H,29,30,34). The Bertz CT molecular complexity index is 1650. The molecule has 0 atom stereocenters. The summed E-state index contributed by atoms with van der Waals surface area (Å²) in [5, 5.41) is 20.2. The molecular weight excluding hydrogens is 506 g/mol. The molecule has 0 unspecified atom stereocenters. The van der Waals surface area contributed by atoms with E-state index in [1.54, 1.807) is 48.5 Å². The molecule has 4 heterocycles. The second-order valence-corrected chi connectivity index (χ2v) is 10.9. The fourth-order valence-electron chi connectivity index (χ4n) is 4.52. The zero-order valence-electron chi connectivity index (χ0n) is 21.8. The Balaban J connectivity index is 1.55. The Kier molecular flexibility index (Phi) is 6.95. The van der Waals surface area contributed by atoms with E-state index in [0.717, 1.165) is 22.4 Å². The van der Waals surface area contributed by atoms with Crippen molar-refractivity contribution in [3.05, 3.63) is 52.0 Å². The number of nitrogens with zero attached hydrogens (tertiary/aromatic N) is 5. The highest BCUT2D eigenvalue weighted by Gasteiger charge is 2.22. The van der Waals surface area contributed by atoms with Crippen molar-refractivity contribution in [1.29, 1.82) is 0 Å². The van der Waals surface area contributed by atoms with Gasteiger partial charge in [-0.25, -0.2) is 9.78 Å². The molecule has 200 valence electrons. The first-order valence-electron chi connectivity index (χ1n) is 12.5. The number of thiophene rings is 1. The van der Waals surface area contributed by atoms with Crippen LogP contribution in [0.4, 0.5) is 5.95 Å². The number of aromatic nitrogens is 6. The second-order valence-electron chi connectivity index (χ2n) is 9.81. The van der Waals surface area contributed by atoms with Crippen LogP contribution in [0.3, 0.4) is 0 Å². The minimum absolute atomic E-state index is 0.147. The number of hydrogen-bond acceptors (Lipinski definition) is 7. The van der Waals surface area contributed by atoms with Crippen LogP contribution in [-0.2, 0) is 24.9 Å². The molecule has 0 aliphatic heterocycles. The molecule has 5 aromatic rings. The number of fused-ring (bicyclic) bond motifs is 2. The summed E-state index contributed by atoms with van der Waals surface area (Å²) in [6, 6.07) is 7.44. The number of aromatic amines is 1. The number of imidazole rings is 2. The molecule has 0 saturated heterocycles. The first-order valence-corrected chi connectivity index (χ1v) is 13.3. The summed E-state index contributed by atoms with van der Waals surface area (Å²) in [5.41, 5.74) is 2.47. The highest BCUT2D eigenvalue weighted by atomic mass is 32.1. The van der Waals surface area contributed by atoms with Gasteiger partial charge >= 0.3 is 5.69 Å². The molecule has 0 saturated carbocycles. The number of H-pyrrole nitrogens is 1. The summed E-state index contributed by atoms with van der Waals surface area (Å²) in [6.07, 6.45) is 4.22. The predicted molar refractivity (Wildman–Crippen MR) is 148 cm³/mol. The third kappa shape index (κ3) is 5.02. The summed E-state index contributed by atoms with van der Waals surface area (Å²) in [5.74, 6) is 0.168. The van der Waals surface area contributed by atoms with Crippen molar-refractivity contribution in [2.75, 3.05) is 18.5 Å². The molecule has 0 fully saturated rings. The lowest BCUT2D eigenvalue weighted by Crippen LogP contribution is -2.33. The van der Waals surface area contributed by atoms with Gasteiger partial charge in [-0.15, -0.1) is 11.3 Å². The summed E-state index contributed by atoms with van der Waals surface area (Å²) >= 11 is 1.38. The van der Waals surface area contributed by atoms with Gasteiger partial charge in [0.2, 0.25) is 5.95 Å². The molecule has 12 heteroatoms. The van der Waals surface area contributed by atoms with Crippen molar-refractivity contribution in [1.82, 2.24) is 28.9 Å². The van der Waals surface area contributed by atoms with Gasteiger partial charge in [0, 0.05) is 43.4 Å². The van der Waals surface area contributed by atoms with Crippen molar-refractivity contribution in [3.63, 3.8) is 0 Å². The molecule has 3 N–H and O–H groups in total. The van der Waals surface area contributed by atoms with E-state index in [1.807, 2.05) is 29.7 Å². The average Bonchev–Trinajstić information content (AvgIpc) is 3.65. The van der Waals surface area contributed by atoms with Crippen LogP contribution >= 0.6 is 11.3 Å². The van der Waals surface area contributed by atoms with E-state index in [0.29, 0.717) is 47.1 Å². The van der Waals surface area contributed by atoms with Crippen molar-refractivity contribution in [3.8, 4) is 10.4 Å². The number of hydrogen-bond donors (Lipinski definition) is 3. The zero-order valence-corrected chi connectivity index (χ0v) is 22.6. The molecule has 0 radical (unpaired) electrons. The van der Waals surface area contributed by atoms with Gasteiger partial charge in [-0.1, -0.05) is 0 Å². The number of nitrogens with one attached hydrogen (secondary N) is 2. The van der Waals surface area contributed by atoms with E-state index in [4.69, 9.17) is 9.72 Å². The maximum Gasteiger partial charge on any atom is 0.328 e. The topological polar surface area (TPSA) is 132 Å². The lowest BCUT2D eigenvalue weighted by atomic mass is 10.1. The smallest absolute Gasteiger partial charge is 0.328 e. The Morgan fingerprint density at radius 3 is 2.74 bits per heavy atom. The Morgan fingerprint density at radius 2 is 2.03 bits per heavy atom. The third-order valence-corrected chi connectivity index (χ3v) is 7.41. The molecule has 11 nitrogen and oxygen atoms in total. The second kappa shape index (κ2) is 10.2. The molecule has 0 aliphatic rings. The number of carbonyl (C=O) groups is 1. The maximum atomic E-state index is 13.2. The number of rotatable bonds is 10. The van der Waals surface area contributed by atoms with Gasteiger partial charge < -0.3 is 14.4 Å². The molecule has 1 aromatic carbocycles. The highest BCUT2D eigenvalue weighted by Crippen LogP contribution is 2.29. The highest BCUT2D eigenvalue weighted by molar-refractivity contribution is 7.17. The summed E-state index contributed by atoms with van der Waals surface area (Å²) in [7, 11) is 1.70. The molecular formula is C26H31N7O4S. The minimum Gasteiger partial charge on any atom is -0.389 e. The van der Waals surface area contributed by atoms with Crippen LogP contribution in [0.2, 0.25) is 0 Å². The van der Waals surface area contributed by atoms with Crippen LogP contribution in [0, 0.1) is 0 Å². The number of carbonyl (C=O) groups excluding carboxylic acids is 1. The van der Waals surface area contributed by atoms with Crippen LogP contribution < -0.4 is 11.0 Å². The predicted octanol–water partition coefficient (Wildman–Crippen LogP) is 3.59. The quantitative estimate of drug-likeness (QED) is 0.233. The van der Waals surface area contributed by atoms with Gasteiger partial charge in [-0.05, 0) is 51.5 Å². The number of anilines is 1. The van der Waals surface area contributed by atoms with Gasteiger partial charge in [-0.3, -0.25) is 24.3 Å². The van der Waals surface area contributed by atoms with Crippen LogP contribution in [0.5, 0.6) is 0 Å². The molecule has 38 heavy (non-hydrogen) atoms. The summed E-state index contributed by atoms with van der Waals surface area (Å²) < 4.78 is 10.6. The van der Waals surface area contributed by atoms with E-state index < -0.39 is 5.60 Å². The fraction of sp³-hybridized carbons (Fsp3) is 0.385. The maximum absolute atomic E-state index is 13.2. The van der Waals surface area contributed by atoms with E-state index >= 15 is 0 Å². The van der Waals surface area contributed by atoms with Gasteiger partial charge in [0.25, 0.3) is 5.91 Å². The summed E-state index contributed by atoms with van der Waals surface area (Å²) in [4.78, 5) is 32.4. The Labute approximate surface area is 222 Å². The number of aryl methyl sites for hydroxylation is 2. The first kappa shape index (κ1) is 25.9. The van der Waals surface area contributed by atoms with Gasteiger partial charge in [0.1, 0.15) is 0 Å². The van der Waals surface area contributed by atoms with Crippen molar-refractivity contribution in [2.45, 2.75) is 45.9 Å². The van der Waals surface area contributed by atoms with E-state index in [2.05, 4.69) is 15.5 Å². The molecule has 5 rings (SSSR count). The van der Waals surface area contributed by atoms with Crippen molar-refractivity contribution in [2.24, 2.45) is 7.05 Å². The fourth-order valence-corrected chi connectivity index (χ4v) is 5.40. The largest absolute Gasteiger partial charge is 0.389 e. The molecule has 4 aromatic heterocycles. The zero-order chi connectivity index (χ0) is 27.0. The van der Waals surface area contributed by atoms with Crippen molar-refractivity contribution < 1.29 is 14.6 Å². The van der Waals surface area contributed by atoms with Gasteiger partial charge in [-0.2, -0.15) is 5.10 Å². The lowest BCUT2D eigenvalue weighted by Gasteiger charge is -2.17. The minimum atomic E-state index is -1.07. The first-order chi connectivity index (χ1) is 18.2. The number of amides is 1. The number of benzene rings is 1. The van der Waals surface area contributed by atoms with E-state index in [1.165, 1.54) is 11.3 Å². The molecule has 0 aliphatic carbocycles. The Morgan fingerprint density at radius 1 is 1.21 bits per heavy atom. The number of aliphatic hydroxyl groups is 1. The van der Waals surface area contributed by atoms with Crippen molar-refractivity contribution >= 4 is 45.3 Å². The van der Waals surface area contributed by atoms with Crippen LogP contribution in [0.25, 0.3) is 32.5 Å². The molecule has 0 bridgehead atoms. The lowest BCUT2D eigenvalue weighted by molar-refractivity contribution is 0.0615. The normalized spacial score (nSPS) is 12.1. The van der Waals surface area contributed by atoms with Gasteiger partial charge in [0.05, 0.1) is 45.3 Å². The molecule has 0 spiro atoms. The van der Waals surface area contributed by atoms with Gasteiger partial charge in [0.15, 0.2) is 0 Å². The summed E-state index contributed by atoms with van der Waals surface area (Å²) in [6.45, 7) is 7.19. The van der Waals surface area contributed by atoms with E-state index in [9.17, 15) is 14.7 Å². The van der Waals surface area contributed by atoms with E-state index in [-0.39, 0.29) is 18.1 Å². The average molecular weight is 538 g/mol. The van der Waals surface area contributed by atoms with Crippen LogP contribution in [0.15, 0.2) is 41.5 Å². The SMILES string of the molecule is CCOCCCn1c(NC(=O)c2ccc(-c3cn[nH]c3)s2)nc2cc3c(cc21)n(CC(C)(C)O)c(=O)n3C. The monoisotopic (exact) mass is 537 g/mol. The number of ether oxygens (including phenoxy) is 1.